The SMILES string of the molecule is COc1ccc(CN(CC(=O)Nc2ccc(OC)cc2[N+](=O)[O-])C2CC2)cc1. The summed E-state index contributed by atoms with van der Waals surface area (Å²) in [5.41, 5.74) is 1.05. The summed E-state index contributed by atoms with van der Waals surface area (Å²) in [6, 6.07) is 12.5. The van der Waals surface area contributed by atoms with Crippen molar-refractivity contribution in [2.24, 2.45) is 0 Å². The zero-order valence-corrected chi connectivity index (χ0v) is 15.9. The minimum atomic E-state index is -0.534. The van der Waals surface area contributed by atoms with E-state index < -0.39 is 4.92 Å². The van der Waals surface area contributed by atoms with Crippen LogP contribution in [0.15, 0.2) is 42.5 Å². The lowest BCUT2D eigenvalue weighted by molar-refractivity contribution is -0.384. The van der Waals surface area contributed by atoms with E-state index in [2.05, 4.69) is 10.2 Å². The van der Waals surface area contributed by atoms with Gasteiger partial charge in [0.15, 0.2) is 0 Å². The molecule has 0 atom stereocenters. The van der Waals surface area contributed by atoms with Crippen molar-refractivity contribution in [2.45, 2.75) is 25.4 Å². The maximum absolute atomic E-state index is 12.5. The fourth-order valence-corrected chi connectivity index (χ4v) is 2.99. The number of nitrogens with zero attached hydrogens (tertiary/aromatic N) is 2. The molecule has 0 heterocycles. The normalized spacial score (nSPS) is 13.2. The lowest BCUT2D eigenvalue weighted by Crippen LogP contribution is -2.34. The highest BCUT2D eigenvalue weighted by Crippen LogP contribution is 2.30. The first-order chi connectivity index (χ1) is 13.5. The Morgan fingerprint density at radius 2 is 1.79 bits per heavy atom. The molecule has 0 unspecified atom stereocenters. The Balaban J connectivity index is 1.67. The molecule has 1 aliphatic rings. The average Bonchev–Trinajstić information content (AvgIpc) is 3.53. The van der Waals surface area contributed by atoms with Crippen LogP contribution in [0.4, 0.5) is 11.4 Å². The first-order valence-corrected chi connectivity index (χ1v) is 8.99. The number of methoxy groups -OCH3 is 2. The fourth-order valence-electron chi connectivity index (χ4n) is 2.99. The van der Waals surface area contributed by atoms with Crippen LogP contribution in [0.1, 0.15) is 18.4 Å². The highest BCUT2D eigenvalue weighted by atomic mass is 16.6. The van der Waals surface area contributed by atoms with Crippen LogP contribution in [0, 0.1) is 10.1 Å². The van der Waals surface area contributed by atoms with Gasteiger partial charge in [-0.3, -0.25) is 19.8 Å². The molecule has 0 saturated heterocycles. The lowest BCUT2D eigenvalue weighted by atomic mass is 10.2. The van der Waals surface area contributed by atoms with Crippen molar-refractivity contribution < 1.29 is 19.2 Å². The second-order valence-electron chi connectivity index (χ2n) is 6.67. The topological polar surface area (TPSA) is 93.9 Å². The van der Waals surface area contributed by atoms with Gasteiger partial charge in [0.2, 0.25) is 5.91 Å². The lowest BCUT2D eigenvalue weighted by Gasteiger charge is -2.21. The summed E-state index contributed by atoms with van der Waals surface area (Å²) in [5.74, 6) is 0.865. The molecular formula is C20H23N3O5. The molecule has 1 aliphatic carbocycles. The van der Waals surface area contributed by atoms with Crippen molar-refractivity contribution >= 4 is 17.3 Å². The van der Waals surface area contributed by atoms with Crippen LogP contribution in [0.25, 0.3) is 0 Å². The summed E-state index contributed by atoms with van der Waals surface area (Å²) >= 11 is 0. The van der Waals surface area contributed by atoms with Gasteiger partial charge in [0.1, 0.15) is 17.2 Å². The molecule has 2 aromatic rings. The summed E-state index contributed by atoms with van der Waals surface area (Å²) in [4.78, 5) is 25.4. The van der Waals surface area contributed by atoms with Crippen LogP contribution in [-0.2, 0) is 11.3 Å². The molecule has 1 saturated carbocycles. The monoisotopic (exact) mass is 385 g/mol. The molecule has 0 spiro atoms. The highest BCUT2D eigenvalue weighted by Gasteiger charge is 2.30. The molecule has 1 N–H and O–H groups in total. The predicted octanol–water partition coefficient (Wildman–Crippen LogP) is 3.22. The number of carbonyl (C=O) groups excluding carboxylic acids is 1. The minimum Gasteiger partial charge on any atom is -0.497 e. The molecule has 0 radical (unpaired) electrons. The van der Waals surface area contributed by atoms with E-state index in [-0.39, 0.29) is 23.8 Å². The largest absolute Gasteiger partial charge is 0.497 e. The first-order valence-electron chi connectivity index (χ1n) is 8.99. The van der Waals surface area contributed by atoms with Gasteiger partial charge in [0.05, 0.1) is 31.8 Å². The number of nitro groups is 1. The van der Waals surface area contributed by atoms with E-state index in [0.717, 1.165) is 24.2 Å². The Morgan fingerprint density at radius 3 is 2.36 bits per heavy atom. The zero-order valence-electron chi connectivity index (χ0n) is 15.9. The number of rotatable bonds is 9. The predicted molar refractivity (Wildman–Crippen MR) is 105 cm³/mol. The number of amides is 1. The van der Waals surface area contributed by atoms with Gasteiger partial charge in [-0.25, -0.2) is 0 Å². The van der Waals surface area contributed by atoms with Crippen LogP contribution in [0.3, 0.4) is 0 Å². The molecule has 0 aromatic heterocycles. The zero-order chi connectivity index (χ0) is 20.1. The van der Waals surface area contributed by atoms with Crippen LogP contribution < -0.4 is 14.8 Å². The Morgan fingerprint density at radius 1 is 1.14 bits per heavy atom. The molecule has 8 nitrogen and oxygen atoms in total. The number of carbonyl (C=O) groups is 1. The second kappa shape index (κ2) is 8.71. The van der Waals surface area contributed by atoms with Gasteiger partial charge in [0.25, 0.3) is 5.69 Å². The molecule has 28 heavy (non-hydrogen) atoms. The first kappa shape index (κ1) is 19.6. The van der Waals surface area contributed by atoms with Gasteiger partial charge in [-0.15, -0.1) is 0 Å². The summed E-state index contributed by atoms with van der Waals surface area (Å²) in [6.45, 7) is 0.798. The van der Waals surface area contributed by atoms with Gasteiger partial charge in [0, 0.05) is 12.6 Å². The van der Waals surface area contributed by atoms with Gasteiger partial charge in [-0.2, -0.15) is 0 Å². The Kier molecular flexibility index (Phi) is 6.10. The van der Waals surface area contributed by atoms with Crippen LogP contribution in [0.2, 0.25) is 0 Å². The van der Waals surface area contributed by atoms with Gasteiger partial charge in [-0.05, 0) is 42.7 Å². The number of hydrogen-bond acceptors (Lipinski definition) is 6. The van der Waals surface area contributed by atoms with Gasteiger partial charge < -0.3 is 14.8 Å². The number of nitro benzene ring substituents is 1. The molecule has 8 heteroatoms. The van der Waals surface area contributed by atoms with Crippen molar-refractivity contribution in [2.75, 3.05) is 26.1 Å². The molecular weight excluding hydrogens is 362 g/mol. The Bertz CT molecular complexity index is 849. The minimum absolute atomic E-state index is 0.163. The molecule has 0 aliphatic heterocycles. The van der Waals surface area contributed by atoms with E-state index in [4.69, 9.17) is 9.47 Å². The van der Waals surface area contributed by atoms with Crippen LogP contribution in [0.5, 0.6) is 11.5 Å². The van der Waals surface area contributed by atoms with Gasteiger partial charge >= 0.3 is 0 Å². The second-order valence-corrected chi connectivity index (χ2v) is 6.67. The Hall–Kier alpha value is -3.13. The summed E-state index contributed by atoms with van der Waals surface area (Å²) in [5, 5.41) is 13.9. The van der Waals surface area contributed by atoms with Crippen molar-refractivity contribution in [1.82, 2.24) is 4.90 Å². The van der Waals surface area contributed by atoms with E-state index >= 15 is 0 Å². The molecule has 148 valence electrons. The van der Waals surface area contributed by atoms with Crippen molar-refractivity contribution in [1.29, 1.82) is 0 Å². The molecule has 0 bridgehead atoms. The van der Waals surface area contributed by atoms with Gasteiger partial charge in [-0.1, -0.05) is 12.1 Å². The molecule has 3 rings (SSSR count). The quantitative estimate of drug-likeness (QED) is 0.526. The molecule has 1 fully saturated rings. The third-order valence-corrected chi connectivity index (χ3v) is 4.63. The highest BCUT2D eigenvalue weighted by molar-refractivity contribution is 5.94. The van der Waals surface area contributed by atoms with E-state index in [0.29, 0.717) is 18.3 Å². The van der Waals surface area contributed by atoms with E-state index in [1.54, 1.807) is 13.2 Å². The van der Waals surface area contributed by atoms with Crippen molar-refractivity contribution in [3.8, 4) is 11.5 Å². The van der Waals surface area contributed by atoms with E-state index in [1.165, 1.54) is 19.2 Å². The number of hydrogen-bond donors (Lipinski definition) is 1. The van der Waals surface area contributed by atoms with Crippen LogP contribution in [-0.4, -0.2) is 42.5 Å². The summed E-state index contributed by atoms with van der Waals surface area (Å²) < 4.78 is 10.2. The van der Waals surface area contributed by atoms with Crippen molar-refractivity contribution in [3.63, 3.8) is 0 Å². The van der Waals surface area contributed by atoms with E-state index in [9.17, 15) is 14.9 Å². The number of anilines is 1. The summed E-state index contributed by atoms with van der Waals surface area (Å²) in [6.07, 6.45) is 2.10. The molecule has 1 amide bonds. The van der Waals surface area contributed by atoms with Crippen molar-refractivity contribution in [3.05, 3.63) is 58.1 Å². The van der Waals surface area contributed by atoms with Crippen LogP contribution >= 0.6 is 0 Å². The Labute approximate surface area is 163 Å². The van der Waals surface area contributed by atoms with E-state index in [1.807, 2.05) is 24.3 Å². The smallest absolute Gasteiger partial charge is 0.296 e. The fraction of sp³-hybridized carbons (Fsp3) is 0.350. The standard InChI is InChI=1S/C20H23N3O5/c1-27-16-7-3-14(4-8-16)12-22(15-5-6-15)13-20(24)21-18-10-9-17(28-2)11-19(18)23(25)26/h3-4,7-11,15H,5-6,12-13H2,1-2H3,(H,21,24). The maximum atomic E-state index is 12.5. The third kappa shape index (κ3) is 4.98. The maximum Gasteiger partial charge on any atom is 0.296 e. The molecule has 2 aromatic carbocycles. The third-order valence-electron chi connectivity index (χ3n) is 4.63. The summed E-state index contributed by atoms with van der Waals surface area (Å²) in [7, 11) is 3.05. The number of nitrogens with one attached hydrogen (secondary N) is 1. The number of benzene rings is 2. The average molecular weight is 385 g/mol. The number of ether oxygens (including phenoxy) is 2.